The molecule has 0 radical (unpaired) electrons. The van der Waals surface area contributed by atoms with Crippen molar-refractivity contribution in [2.75, 3.05) is 13.7 Å². The highest BCUT2D eigenvalue weighted by Crippen LogP contribution is 2.22. The predicted octanol–water partition coefficient (Wildman–Crippen LogP) is 1.25. The van der Waals surface area contributed by atoms with Crippen LogP contribution in [-0.2, 0) is 14.9 Å². The molecule has 2 N–H and O–H groups in total. The van der Waals surface area contributed by atoms with Crippen LogP contribution in [0.4, 0.5) is 0 Å². The third-order valence-corrected chi connectivity index (χ3v) is 2.94. The van der Waals surface area contributed by atoms with Crippen LogP contribution in [0, 0.1) is 0 Å². The Balaban J connectivity index is 2.63. The van der Waals surface area contributed by atoms with Crippen molar-refractivity contribution >= 4 is 11.9 Å². The normalized spacial score (nSPS) is 12.7. The summed E-state index contributed by atoms with van der Waals surface area (Å²) >= 11 is 0. The fourth-order valence-corrected chi connectivity index (χ4v) is 1.63. The van der Waals surface area contributed by atoms with Crippen molar-refractivity contribution < 1.29 is 19.4 Å². The Bertz CT molecular complexity index is 474. The number of nitrogens with one attached hydrogen (secondary N) is 1. The number of hydrogen-bond acceptors (Lipinski definition) is 4. The highest BCUT2D eigenvalue weighted by molar-refractivity contribution is 5.94. The molecule has 0 aliphatic carbocycles. The van der Waals surface area contributed by atoms with Gasteiger partial charge in [-0.15, -0.1) is 0 Å². The predicted molar refractivity (Wildman–Crippen MR) is 75.5 cm³/mol. The second-order valence-electron chi connectivity index (χ2n) is 5.58. The zero-order valence-electron chi connectivity index (χ0n) is 12.3. The lowest BCUT2D eigenvalue weighted by Crippen LogP contribution is -2.37. The first-order valence-electron chi connectivity index (χ1n) is 6.40. The zero-order valence-corrected chi connectivity index (χ0v) is 12.3. The van der Waals surface area contributed by atoms with Crippen LogP contribution in [0.15, 0.2) is 24.3 Å². The van der Waals surface area contributed by atoms with E-state index in [1.807, 2.05) is 12.1 Å². The lowest BCUT2D eigenvalue weighted by molar-refractivity contribution is -0.149. The largest absolute Gasteiger partial charge is 0.467 e. The van der Waals surface area contributed by atoms with Crippen LogP contribution >= 0.6 is 0 Å². The second kappa shape index (κ2) is 6.52. The molecule has 0 saturated heterocycles. The van der Waals surface area contributed by atoms with Gasteiger partial charge in [0.25, 0.3) is 5.91 Å². The van der Waals surface area contributed by atoms with Gasteiger partial charge in [-0.3, -0.25) is 4.79 Å². The van der Waals surface area contributed by atoms with Crippen molar-refractivity contribution in [2.45, 2.75) is 32.3 Å². The first kappa shape index (κ1) is 16.2. The molecule has 0 bridgehead atoms. The molecule has 0 heterocycles. The van der Waals surface area contributed by atoms with Crippen LogP contribution in [0.3, 0.4) is 0 Å². The van der Waals surface area contributed by atoms with Gasteiger partial charge in [-0.25, -0.2) is 4.79 Å². The summed E-state index contributed by atoms with van der Waals surface area (Å²) in [6.45, 7) is 6.10. The van der Waals surface area contributed by atoms with Gasteiger partial charge in [0.05, 0.1) is 13.7 Å². The van der Waals surface area contributed by atoms with E-state index >= 15 is 0 Å². The number of carbonyl (C=O) groups is 2. The molecule has 0 aliphatic rings. The summed E-state index contributed by atoms with van der Waals surface area (Å²) in [6.07, 6.45) is -1.35. The number of ether oxygens (including phenoxy) is 1. The van der Waals surface area contributed by atoms with E-state index in [0.29, 0.717) is 5.56 Å². The van der Waals surface area contributed by atoms with E-state index in [1.54, 1.807) is 12.1 Å². The lowest BCUT2D eigenvalue weighted by Gasteiger charge is -2.19. The summed E-state index contributed by atoms with van der Waals surface area (Å²) in [7, 11) is 1.18. The molecule has 20 heavy (non-hydrogen) atoms. The van der Waals surface area contributed by atoms with Crippen molar-refractivity contribution in [1.29, 1.82) is 0 Å². The maximum Gasteiger partial charge on any atom is 0.336 e. The summed E-state index contributed by atoms with van der Waals surface area (Å²) in [5.41, 5.74) is 1.63. The Morgan fingerprint density at radius 2 is 1.80 bits per heavy atom. The topological polar surface area (TPSA) is 75.6 Å². The molecule has 0 aliphatic heterocycles. The lowest BCUT2D eigenvalue weighted by atomic mass is 9.87. The number of aliphatic hydroxyl groups excluding tert-OH is 1. The number of carbonyl (C=O) groups excluding carboxylic acids is 2. The number of hydrogen-bond donors (Lipinski definition) is 2. The Kier molecular flexibility index (Phi) is 5.27. The van der Waals surface area contributed by atoms with Crippen LogP contribution in [-0.4, -0.2) is 36.7 Å². The smallest absolute Gasteiger partial charge is 0.336 e. The number of methoxy groups -OCH3 is 1. The molecule has 110 valence electrons. The molecular weight excluding hydrogens is 258 g/mol. The molecule has 1 atom stereocenters. The van der Waals surface area contributed by atoms with Crippen molar-refractivity contribution in [2.24, 2.45) is 0 Å². The van der Waals surface area contributed by atoms with Crippen LogP contribution in [0.2, 0.25) is 0 Å². The van der Waals surface area contributed by atoms with Gasteiger partial charge in [0, 0.05) is 5.56 Å². The maximum absolute atomic E-state index is 11.8. The minimum atomic E-state index is -1.35. The van der Waals surface area contributed by atoms with Gasteiger partial charge in [0.2, 0.25) is 0 Å². The number of esters is 1. The van der Waals surface area contributed by atoms with Crippen molar-refractivity contribution in [3.63, 3.8) is 0 Å². The molecule has 0 fully saturated rings. The summed E-state index contributed by atoms with van der Waals surface area (Å²) in [5.74, 6) is -1.11. The number of benzene rings is 1. The molecule has 1 aromatic carbocycles. The third-order valence-electron chi connectivity index (χ3n) is 2.94. The average molecular weight is 279 g/mol. The third kappa shape index (κ3) is 4.35. The van der Waals surface area contributed by atoms with Gasteiger partial charge in [0.1, 0.15) is 0 Å². The van der Waals surface area contributed by atoms with Gasteiger partial charge < -0.3 is 15.2 Å². The summed E-state index contributed by atoms with van der Waals surface area (Å²) < 4.78 is 4.36. The summed E-state index contributed by atoms with van der Waals surface area (Å²) in [6, 6.07) is 7.23. The Morgan fingerprint density at radius 1 is 1.25 bits per heavy atom. The highest BCUT2D eigenvalue weighted by atomic mass is 16.5. The summed E-state index contributed by atoms with van der Waals surface area (Å²) in [4.78, 5) is 22.8. The fraction of sp³-hybridized carbons (Fsp3) is 0.467. The molecule has 1 rings (SSSR count). The van der Waals surface area contributed by atoms with Crippen molar-refractivity contribution in [3.8, 4) is 0 Å². The van der Waals surface area contributed by atoms with E-state index in [0.717, 1.165) is 5.56 Å². The van der Waals surface area contributed by atoms with Gasteiger partial charge >= 0.3 is 5.97 Å². The van der Waals surface area contributed by atoms with Gasteiger partial charge in [-0.05, 0) is 23.1 Å². The van der Waals surface area contributed by atoms with Crippen LogP contribution in [0.1, 0.15) is 36.7 Å². The highest BCUT2D eigenvalue weighted by Gasteiger charge is 2.17. The Morgan fingerprint density at radius 3 is 2.25 bits per heavy atom. The number of amides is 1. The van der Waals surface area contributed by atoms with Crippen LogP contribution in [0.5, 0.6) is 0 Å². The molecule has 1 aromatic rings. The van der Waals surface area contributed by atoms with Crippen LogP contribution in [0.25, 0.3) is 0 Å². The van der Waals surface area contributed by atoms with E-state index in [2.05, 4.69) is 30.8 Å². The van der Waals surface area contributed by atoms with E-state index in [-0.39, 0.29) is 17.9 Å². The second-order valence-corrected chi connectivity index (χ2v) is 5.58. The molecule has 0 saturated carbocycles. The quantitative estimate of drug-likeness (QED) is 0.813. The maximum atomic E-state index is 11.8. The minimum absolute atomic E-state index is 0.0239. The molecule has 5 nitrogen and oxygen atoms in total. The Hall–Kier alpha value is -1.88. The molecule has 1 unspecified atom stereocenters. The summed E-state index contributed by atoms with van der Waals surface area (Å²) in [5, 5.41) is 11.9. The number of rotatable bonds is 4. The van der Waals surface area contributed by atoms with Gasteiger partial charge in [0.15, 0.2) is 6.10 Å². The molecule has 0 spiro atoms. The molecule has 1 amide bonds. The standard InChI is InChI=1S/C15H21NO4/c1-15(2,3)11-7-5-10(6-8-11)13(18)16-9-12(17)14(19)20-4/h5-8,12,17H,9H2,1-4H3,(H,16,18). The average Bonchev–Trinajstić information content (AvgIpc) is 2.42. The van der Waals surface area contributed by atoms with Gasteiger partial charge in [-0.1, -0.05) is 32.9 Å². The van der Waals surface area contributed by atoms with E-state index in [9.17, 15) is 14.7 Å². The first-order chi connectivity index (χ1) is 9.25. The van der Waals surface area contributed by atoms with Crippen molar-refractivity contribution in [1.82, 2.24) is 5.32 Å². The molecule has 5 heteroatoms. The Labute approximate surface area is 118 Å². The fourth-order valence-electron chi connectivity index (χ4n) is 1.63. The minimum Gasteiger partial charge on any atom is -0.467 e. The van der Waals surface area contributed by atoms with Crippen LogP contribution < -0.4 is 5.32 Å². The molecular formula is C15H21NO4. The van der Waals surface area contributed by atoms with E-state index < -0.39 is 12.1 Å². The van der Waals surface area contributed by atoms with E-state index in [1.165, 1.54) is 7.11 Å². The molecule has 0 aromatic heterocycles. The SMILES string of the molecule is COC(=O)C(O)CNC(=O)c1ccc(C(C)(C)C)cc1. The first-order valence-corrected chi connectivity index (χ1v) is 6.40. The zero-order chi connectivity index (χ0) is 15.3. The monoisotopic (exact) mass is 279 g/mol. The van der Waals surface area contributed by atoms with Crippen molar-refractivity contribution in [3.05, 3.63) is 35.4 Å². The number of aliphatic hydroxyl groups is 1. The van der Waals surface area contributed by atoms with E-state index in [4.69, 9.17) is 0 Å². The van der Waals surface area contributed by atoms with Gasteiger partial charge in [-0.2, -0.15) is 0 Å².